The van der Waals surface area contributed by atoms with E-state index in [4.69, 9.17) is 0 Å². The molecular formula is C24H31N5O2. The number of hydrogen-bond donors (Lipinski definition) is 1. The van der Waals surface area contributed by atoms with Gasteiger partial charge in [0.2, 0.25) is 11.7 Å². The Bertz CT molecular complexity index is 923. The summed E-state index contributed by atoms with van der Waals surface area (Å²) in [5.41, 5.74) is 0.944. The third-order valence-electron chi connectivity index (χ3n) is 6.86. The number of carbonyl (C=O) groups is 2. The molecule has 2 heterocycles. The summed E-state index contributed by atoms with van der Waals surface area (Å²) in [4.78, 5) is 31.9. The number of aromatic nitrogens is 3. The molecular weight excluding hydrogens is 390 g/mol. The molecule has 1 saturated heterocycles. The van der Waals surface area contributed by atoms with E-state index >= 15 is 0 Å². The van der Waals surface area contributed by atoms with Gasteiger partial charge >= 0.3 is 0 Å². The number of para-hydroxylation sites is 1. The molecule has 3 aliphatic rings. The molecule has 1 aliphatic heterocycles. The Kier molecular flexibility index (Phi) is 5.74. The number of piperidine rings is 1. The van der Waals surface area contributed by atoms with Crippen LogP contribution in [0.25, 0.3) is 5.69 Å². The van der Waals surface area contributed by atoms with E-state index in [0.717, 1.165) is 37.2 Å². The average molecular weight is 422 g/mol. The minimum Gasteiger partial charge on any atom is -0.353 e. The Labute approximate surface area is 183 Å². The SMILES string of the molecule is O=C(CC1CCCC1)NC1CCN(C(=O)c2nc(C3CC3)n(-c3ccccc3)n2)CC1. The fraction of sp³-hybridized carbons (Fsp3) is 0.583. The maximum Gasteiger partial charge on any atom is 0.293 e. The van der Waals surface area contributed by atoms with Crippen molar-refractivity contribution in [3.8, 4) is 5.69 Å². The van der Waals surface area contributed by atoms with Crippen LogP contribution in [-0.2, 0) is 4.79 Å². The number of nitrogens with zero attached hydrogens (tertiary/aromatic N) is 4. The second-order valence-electron chi connectivity index (χ2n) is 9.30. The minimum absolute atomic E-state index is 0.104. The van der Waals surface area contributed by atoms with E-state index in [2.05, 4.69) is 15.4 Å². The maximum absolute atomic E-state index is 13.1. The van der Waals surface area contributed by atoms with Crippen molar-refractivity contribution in [1.29, 1.82) is 0 Å². The third kappa shape index (κ3) is 4.65. The van der Waals surface area contributed by atoms with Crippen molar-refractivity contribution >= 4 is 11.8 Å². The van der Waals surface area contributed by atoms with Crippen molar-refractivity contribution in [3.05, 3.63) is 42.0 Å². The number of carbonyl (C=O) groups excluding carboxylic acids is 2. The molecule has 31 heavy (non-hydrogen) atoms. The number of likely N-dealkylation sites (tertiary alicyclic amines) is 1. The van der Waals surface area contributed by atoms with Crippen LogP contribution in [0, 0.1) is 5.92 Å². The standard InChI is InChI=1S/C24H31N5O2/c30-21(16-17-6-4-5-7-17)25-19-12-14-28(15-13-19)24(31)22-26-23(18-10-11-18)29(27-22)20-8-2-1-3-9-20/h1-3,8-9,17-19H,4-7,10-16H2,(H,25,30). The van der Waals surface area contributed by atoms with E-state index in [9.17, 15) is 9.59 Å². The lowest BCUT2D eigenvalue weighted by molar-refractivity contribution is -0.122. The fourth-order valence-corrected chi connectivity index (χ4v) is 4.91. The van der Waals surface area contributed by atoms with Crippen LogP contribution in [0.2, 0.25) is 0 Å². The predicted octanol–water partition coefficient (Wildman–Crippen LogP) is 3.45. The van der Waals surface area contributed by atoms with Crippen LogP contribution in [0.5, 0.6) is 0 Å². The van der Waals surface area contributed by atoms with Crippen molar-refractivity contribution in [1.82, 2.24) is 25.0 Å². The number of rotatable bonds is 6. The molecule has 2 amide bonds. The van der Waals surface area contributed by atoms with E-state index in [-0.39, 0.29) is 23.7 Å². The summed E-state index contributed by atoms with van der Waals surface area (Å²) in [5.74, 6) is 2.21. The summed E-state index contributed by atoms with van der Waals surface area (Å²) in [7, 11) is 0. The lowest BCUT2D eigenvalue weighted by Crippen LogP contribution is -2.47. The quantitative estimate of drug-likeness (QED) is 0.775. The lowest BCUT2D eigenvalue weighted by atomic mass is 10.0. The highest BCUT2D eigenvalue weighted by molar-refractivity contribution is 5.90. The number of hydrogen-bond acceptors (Lipinski definition) is 4. The summed E-state index contributed by atoms with van der Waals surface area (Å²) < 4.78 is 1.83. The molecule has 1 aromatic carbocycles. The Morgan fingerprint density at radius 2 is 1.68 bits per heavy atom. The summed E-state index contributed by atoms with van der Waals surface area (Å²) in [6.07, 6.45) is 9.33. The van der Waals surface area contributed by atoms with Gasteiger partial charge in [0.1, 0.15) is 5.82 Å². The van der Waals surface area contributed by atoms with E-state index < -0.39 is 0 Å². The van der Waals surface area contributed by atoms with Crippen LogP contribution < -0.4 is 5.32 Å². The highest BCUT2D eigenvalue weighted by atomic mass is 16.2. The van der Waals surface area contributed by atoms with Gasteiger partial charge in [-0.1, -0.05) is 31.0 Å². The molecule has 2 aromatic rings. The van der Waals surface area contributed by atoms with Gasteiger partial charge in [-0.3, -0.25) is 9.59 Å². The Morgan fingerprint density at radius 1 is 0.968 bits per heavy atom. The van der Waals surface area contributed by atoms with Gasteiger partial charge in [0, 0.05) is 31.5 Å². The van der Waals surface area contributed by atoms with Crippen molar-refractivity contribution < 1.29 is 9.59 Å². The van der Waals surface area contributed by atoms with Gasteiger partial charge < -0.3 is 10.2 Å². The van der Waals surface area contributed by atoms with Crippen LogP contribution in [0.3, 0.4) is 0 Å². The predicted molar refractivity (Wildman–Crippen MR) is 117 cm³/mol. The normalized spacial score (nSPS) is 20.2. The molecule has 0 radical (unpaired) electrons. The highest BCUT2D eigenvalue weighted by Gasteiger charge is 2.33. The molecule has 7 heteroatoms. The lowest BCUT2D eigenvalue weighted by Gasteiger charge is -2.32. The summed E-state index contributed by atoms with van der Waals surface area (Å²) in [6, 6.07) is 10.1. The highest BCUT2D eigenvalue weighted by Crippen LogP contribution is 2.39. The molecule has 1 aromatic heterocycles. The van der Waals surface area contributed by atoms with Crippen molar-refractivity contribution in [2.75, 3.05) is 13.1 Å². The van der Waals surface area contributed by atoms with E-state index in [1.54, 1.807) is 0 Å². The first-order chi connectivity index (χ1) is 15.2. The zero-order valence-corrected chi connectivity index (χ0v) is 18.0. The molecule has 3 fully saturated rings. The molecule has 0 unspecified atom stereocenters. The zero-order valence-electron chi connectivity index (χ0n) is 18.0. The van der Waals surface area contributed by atoms with Crippen molar-refractivity contribution in [2.24, 2.45) is 5.92 Å². The maximum atomic E-state index is 13.1. The van der Waals surface area contributed by atoms with E-state index in [1.165, 1.54) is 25.7 Å². The third-order valence-corrected chi connectivity index (χ3v) is 6.86. The molecule has 7 nitrogen and oxygen atoms in total. The molecule has 0 bridgehead atoms. The van der Waals surface area contributed by atoms with Crippen molar-refractivity contribution in [3.63, 3.8) is 0 Å². The van der Waals surface area contributed by atoms with Gasteiger partial charge in [-0.2, -0.15) is 0 Å². The van der Waals surface area contributed by atoms with Crippen LogP contribution >= 0.6 is 0 Å². The van der Waals surface area contributed by atoms with Gasteiger partial charge in [0.25, 0.3) is 5.91 Å². The van der Waals surface area contributed by atoms with Crippen LogP contribution in [0.4, 0.5) is 0 Å². The fourth-order valence-electron chi connectivity index (χ4n) is 4.91. The Balaban J connectivity index is 1.19. The van der Waals surface area contributed by atoms with Crippen LogP contribution in [-0.4, -0.2) is 50.6 Å². The first kappa shape index (κ1) is 20.2. The molecule has 5 rings (SSSR count). The summed E-state index contributed by atoms with van der Waals surface area (Å²) in [5, 5.41) is 7.78. The first-order valence-electron chi connectivity index (χ1n) is 11.8. The smallest absolute Gasteiger partial charge is 0.293 e. The topological polar surface area (TPSA) is 80.1 Å². The Hall–Kier alpha value is -2.70. The Morgan fingerprint density at radius 3 is 2.35 bits per heavy atom. The molecule has 2 saturated carbocycles. The van der Waals surface area contributed by atoms with Gasteiger partial charge in [0.15, 0.2) is 0 Å². The average Bonchev–Trinajstić information content (AvgIpc) is 3.33. The molecule has 164 valence electrons. The van der Waals surface area contributed by atoms with Crippen LogP contribution in [0.1, 0.15) is 80.1 Å². The molecule has 0 atom stereocenters. The summed E-state index contributed by atoms with van der Waals surface area (Å²) in [6.45, 7) is 1.26. The van der Waals surface area contributed by atoms with Gasteiger partial charge in [0.05, 0.1) is 5.69 Å². The second kappa shape index (κ2) is 8.81. The van der Waals surface area contributed by atoms with Gasteiger partial charge in [-0.25, -0.2) is 9.67 Å². The largest absolute Gasteiger partial charge is 0.353 e. The zero-order chi connectivity index (χ0) is 21.2. The number of benzene rings is 1. The van der Waals surface area contributed by atoms with Crippen LogP contribution in [0.15, 0.2) is 30.3 Å². The number of nitrogens with one attached hydrogen (secondary N) is 1. The monoisotopic (exact) mass is 421 g/mol. The van der Waals surface area contributed by atoms with E-state index in [0.29, 0.717) is 31.3 Å². The first-order valence-corrected chi connectivity index (χ1v) is 11.8. The summed E-state index contributed by atoms with van der Waals surface area (Å²) >= 11 is 0. The van der Waals surface area contributed by atoms with Gasteiger partial charge in [-0.15, -0.1) is 5.10 Å². The molecule has 1 N–H and O–H groups in total. The van der Waals surface area contributed by atoms with E-state index in [1.807, 2.05) is 39.9 Å². The second-order valence-corrected chi connectivity index (χ2v) is 9.30. The molecule has 2 aliphatic carbocycles. The molecule has 0 spiro atoms. The van der Waals surface area contributed by atoms with Gasteiger partial charge in [-0.05, 0) is 56.6 Å². The number of amides is 2. The minimum atomic E-state index is -0.104. The van der Waals surface area contributed by atoms with Crippen molar-refractivity contribution in [2.45, 2.75) is 69.7 Å².